The number of non-ortho nitro benzene ring substituents is 1. The molecule has 3 N–H and O–H groups in total. The van der Waals surface area contributed by atoms with Crippen LogP contribution in [-0.4, -0.2) is 22.6 Å². The summed E-state index contributed by atoms with van der Waals surface area (Å²) >= 11 is 14.0. The van der Waals surface area contributed by atoms with Gasteiger partial charge in [-0.15, -0.1) is 11.8 Å². The lowest BCUT2D eigenvalue weighted by molar-refractivity contribution is -0.384. The third kappa shape index (κ3) is 9.14. The molecule has 0 aliphatic heterocycles. The number of amides is 3. The van der Waals surface area contributed by atoms with E-state index in [1.165, 1.54) is 30.0 Å². The molecule has 0 aliphatic carbocycles. The van der Waals surface area contributed by atoms with E-state index in [4.69, 9.17) is 23.2 Å². The average molecular weight is 712 g/mol. The minimum atomic E-state index is -0.756. The molecule has 5 rings (SSSR count). The third-order valence-corrected chi connectivity index (χ3v) is 9.10. The van der Waals surface area contributed by atoms with Gasteiger partial charge in [-0.2, -0.15) is 0 Å². The number of rotatable bonds is 11. The quantitative estimate of drug-likeness (QED) is 0.0543. The maximum absolute atomic E-state index is 13.7. The largest absolute Gasteiger partial charge is 0.324 e. The Kier molecular flexibility index (Phi) is 11.5. The first-order valence-electron chi connectivity index (χ1n) is 14.8. The molecule has 0 saturated carbocycles. The van der Waals surface area contributed by atoms with E-state index in [1.54, 1.807) is 85.8 Å². The SMILES string of the molecule is Cc1ccc([N+](=O)[O-])cc1NC(=O)C(Sc1cccc(NC(=O)/C(=C\c2c(Cl)cccc2Cl)NC(=O)c2ccccc2)c1)c1ccccc1. The summed E-state index contributed by atoms with van der Waals surface area (Å²) in [6, 6.07) is 33.6. The maximum atomic E-state index is 13.7. The normalized spacial score (nSPS) is 11.7. The van der Waals surface area contributed by atoms with Gasteiger partial charge in [0.1, 0.15) is 10.9 Å². The lowest BCUT2D eigenvalue weighted by Crippen LogP contribution is -2.30. The predicted octanol–water partition coefficient (Wildman–Crippen LogP) is 9.09. The molecule has 246 valence electrons. The van der Waals surface area contributed by atoms with E-state index in [2.05, 4.69) is 16.0 Å². The standard InChI is InChI=1S/C37H28Cl2N4O5S/c1-23-18-19-27(43(47)48)21-32(23)41-37(46)34(24-10-4-2-5-11-24)49-28-15-8-14-26(20-28)40-36(45)33(22-29-30(38)16-9-17-31(29)39)42-35(44)25-12-6-3-7-13-25/h2-22,34H,1H3,(H,40,45)(H,41,46)(H,42,44)/b33-22+. The van der Waals surface area contributed by atoms with E-state index in [9.17, 15) is 24.5 Å². The van der Waals surface area contributed by atoms with Crippen LogP contribution in [0.1, 0.15) is 32.3 Å². The summed E-state index contributed by atoms with van der Waals surface area (Å²) in [6.45, 7) is 1.75. The van der Waals surface area contributed by atoms with Crippen LogP contribution in [0.4, 0.5) is 17.1 Å². The van der Waals surface area contributed by atoms with Crippen LogP contribution in [0.25, 0.3) is 6.08 Å². The van der Waals surface area contributed by atoms with E-state index < -0.39 is 22.0 Å². The first-order valence-corrected chi connectivity index (χ1v) is 16.4. The monoisotopic (exact) mass is 710 g/mol. The van der Waals surface area contributed by atoms with Crippen molar-refractivity contribution in [2.45, 2.75) is 17.1 Å². The highest BCUT2D eigenvalue weighted by atomic mass is 35.5. The molecule has 49 heavy (non-hydrogen) atoms. The molecule has 0 bridgehead atoms. The van der Waals surface area contributed by atoms with Crippen molar-refractivity contribution in [1.29, 1.82) is 0 Å². The second-order valence-electron chi connectivity index (χ2n) is 10.6. The van der Waals surface area contributed by atoms with Crippen molar-refractivity contribution in [1.82, 2.24) is 5.32 Å². The predicted molar refractivity (Wildman–Crippen MR) is 195 cm³/mol. The Hall–Kier alpha value is -5.42. The van der Waals surface area contributed by atoms with E-state index in [0.29, 0.717) is 38.5 Å². The van der Waals surface area contributed by atoms with E-state index in [0.717, 1.165) is 0 Å². The van der Waals surface area contributed by atoms with Crippen molar-refractivity contribution in [2.24, 2.45) is 0 Å². The number of nitro groups is 1. The molecule has 12 heteroatoms. The fourth-order valence-corrected chi connectivity index (χ4v) is 6.26. The van der Waals surface area contributed by atoms with Crippen LogP contribution in [0.5, 0.6) is 0 Å². The van der Waals surface area contributed by atoms with Crippen molar-refractivity contribution < 1.29 is 19.3 Å². The van der Waals surface area contributed by atoms with E-state index >= 15 is 0 Å². The number of nitro benzene ring substituents is 1. The number of anilines is 2. The Morgan fingerprint density at radius 1 is 0.796 bits per heavy atom. The number of nitrogens with zero attached hydrogens (tertiary/aromatic N) is 1. The molecule has 0 aromatic heterocycles. The maximum Gasteiger partial charge on any atom is 0.272 e. The van der Waals surface area contributed by atoms with Gasteiger partial charge in [0, 0.05) is 43.9 Å². The number of carbonyl (C=O) groups is 3. The van der Waals surface area contributed by atoms with E-state index in [1.807, 2.05) is 30.3 Å². The Bertz CT molecular complexity index is 2040. The summed E-state index contributed by atoms with van der Waals surface area (Å²) in [7, 11) is 0. The summed E-state index contributed by atoms with van der Waals surface area (Å²) in [4.78, 5) is 52.0. The van der Waals surface area contributed by atoms with Gasteiger partial charge in [0.05, 0.1) is 10.6 Å². The molecule has 1 unspecified atom stereocenters. The molecule has 3 amide bonds. The lowest BCUT2D eigenvalue weighted by atomic mass is 10.1. The number of benzene rings is 5. The van der Waals surface area contributed by atoms with E-state index in [-0.39, 0.29) is 27.3 Å². The first kappa shape index (κ1) is 34.9. The van der Waals surface area contributed by atoms with Crippen molar-refractivity contribution in [3.63, 3.8) is 0 Å². The minimum Gasteiger partial charge on any atom is -0.324 e. The van der Waals surface area contributed by atoms with Gasteiger partial charge < -0.3 is 16.0 Å². The van der Waals surface area contributed by atoms with Crippen LogP contribution in [-0.2, 0) is 9.59 Å². The van der Waals surface area contributed by atoms with Crippen LogP contribution < -0.4 is 16.0 Å². The Morgan fingerprint density at radius 3 is 2.12 bits per heavy atom. The zero-order valence-electron chi connectivity index (χ0n) is 25.9. The molecule has 1 atom stereocenters. The number of aryl methyl sites for hydroxylation is 1. The number of carbonyl (C=O) groups excluding carboxylic acids is 3. The van der Waals surface area contributed by atoms with Crippen molar-refractivity contribution >= 4 is 75.8 Å². The lowest BCUT2D eigenvalue weighted by Gasteiger charge is -2.18. The van der Waals surface area contributed by atoms with Gasteiger partial charge in [-0.3, -0.25) is 24.5 Å². The summed E-state index contributed by atoms with van der Waals surface area (Å²) in [5.74, 6) is -1.54. The molecule has 0 spiro atoms. The summed E-state index contributed by atoms with van der Waals surface area (Å²) < 4.78 is 0. The smallest absolute Gasteiger partial charge is 0.272 e. The number of hydrogen-bond donors (Lipinski definition) is 3. The fourth-order valence-electron chi connectivity index (χ4n) is 4.67. The molecule has 5 aromatic rings. The van der Waals surface area contributed by atoms with Crippen molar-refractivity contribution in [3.8, 4) is 0 Å². The summed E-state index contributed by atoms with van der Waals surface area (Å²) in [5.41, 5.74) is 2.54. The third-order valence-electron chi connectivity index (χ3n) is 7.19. The second kappa shape index (κ2) is 16.1. The molecule has 0 saturated heterocycles. The zero-order chi connectivity index (χ0) is 34.9. The molecule has 0 heterocycles. The van der Waals surface area contributed by atoms with Crippen LogP contribution in [0, 0.1) is 17.0 Å². The molecule has 0 aliphatic rings. The number of halogens is 2. The van der Waals surface area contributed by atoms with Gasteiger partial charge in [0.15, 0.2) is 0 Å². The van der Waals surface area contributed by atoms with Gasteiger partial charge in [-0.1, -0.05) is 89.9 Å². The number of thioether (sulfide) groups is 1. The highest BCUT2D eigenvalue weighted by molar-refractivity contribution is 8.00. The van der Waals surface area contributed by atoms with Gasteiger partial charge in [-0.25, -0.2) is 0 Å². The molecule has 5 aromatic carbocycles. The molecule has 0 radical (unpaired) electrons. The first-order chi connectivity index (χ1) is 23.6. The van der Waals surface area contributed by atoms with Crippen molar-refractivity contribution in [3.05, 3.63) is 169 Å². The van der Waals surface area contributed by atoms with Crippen LogP contribution in [0.15, 0.2) is 132 Å². The topological polar surface area (TPSA) is 130 Å². The summed E-state index contributed by atoms with van der Waals surface area (Å²) in [6.07, 6.45) is 1.41. The highest BCUT2D eigenvalue weighted by Gasteiger charge is 2.24. The molecule has 0 fully saturated rings. The second-order valence-corrected chi connectivity index (χ2v) is 12.6. The minimum absolute atomic E-state index is 0.101. The molecular weight excluding hydrogens is 683 g/mol. The Balaban J connectivity index is 1.41. The highest BCUT2D eigenvalue weighted by Crippen LogP contribution is 2.38. The van der Waals surface area contributed by atoms with Crippen molar-refractivity contribution in [2.75, 3.05) is 10.6 Å². The van der Waals surface area contributed by atoms with Crippen LogP contribution >= 0.6 is 35.0 Å². The van der Waals surface area contributed by atoms with Gasteiger partial charge in [0.25, 0.3) is 17.5 Å². The molecule has 9 nitrogen and oxygen atoms in total. The number of nitrogens with one attached hydrogen (secondary N) is 3. The van der Waals surface area contributed by atoms with Gasteiger partial charge >= 0.3 is 0 Å². The van der Waals surface area contributed by atoms with Crippen LogP contribution in [0.3, 0.4) is 0 Å². The Labute approximate surface area is 296 Å². The van der Waals surface area contributed by atoms with Gasteiger partial charge in [-0.05, 0) is 66.6 Å². The molecular formula is C37H28Cl2N4O5S. The Morgan fingerprint density at radius 2 is 1.45 bits per heavy atom. The fraction of sp³-hybridized carbons (Fsp3) is 0.0541. The summed E-state index contributed by atoms with van der Waals surface area (Å²) in [5, 5.41) is 19.5. The average Bonchev–Trinajstić information content (AvgIpc) is 3.10. The van der Waals surface area contributed by atoms with Crippen LogP contribution in [0.2, 0.25) is 10.0 Å². The number of hydrogen-bond acceptors (Lipinski definition) is 6. The van der Waals surface area contributed by atoms with Gasteiger partial charge in [0.2, 0.25) is 5.91 Å². The zero-order valence-corrected chi connectivity index (χ0v) is 28.2.